The molecule has 4 N–H and O–H groups in total. The molecule has 7 nitrogen and oxygen atoms in total. The van der Waals surface area contributed by atoms with E-state index in [9.17, 15) is 23.2 Å². The predicted molar refractivity (Wildman–Crippen MR) is 93.0 cm³/mol. The summed E-state index contributed by atoms with van der Waals surface area (Å²) < 4.78 is 31.3. The second-order valence-corrected chi connectivity index (χ2v) is 5.55. The zero-order valence-corrected chi connectivity index (χ0v) is 14.3. The van der Waals surface area contributed by atoms with Gasteiger partial charge in [-0.15, -0.1) is 0 Å². The fourth-order valence-electron chi connectivity index (χ4n) is 2.03. The molecule has 1 unspecified atom stereocenters. The standard InChI is InChI=1S/C18H17F2N3O4/c1-10(27-13-6-7-14(19)15(20)8-13)17(25)23-12-4-2-11(3-5-12)18(26)22-9-16(21)24/h2-8,10H,9H2,1H3,(H2,21,24)(H,22,26)(H,23,25). The van der Waals surface area contributed by atoms with Gasteiger partial charge in [0, 0.05) is 17.3 Å². The van der Waals surface area contributed by atoms with Crippen LogP contribution in [0.15, 0.2) is 42.5 Å². The fourth-order valence-corrected chi connectivity index (χ4v) is 2.03. The van der Waals surface area contributed by atoms with Gasteiger partial charge in [0.2, 0.25) is 5.91 Å². The number of hydrogen-bond donors (Lipinski definition) is 3. The summed E-state index contributed by atoms with van der Waals surface area (Å²) in [7, 11) is 0. The zero-order chi connectivity index (χ0) is 20.0. The summed E-state index contributed by atoms with van der Waals surface area (Å²) in [6.07, 6.45) is -0.978. The van der Waals surface area contributed by atoms with E-state index in [2.05, 4.69) is 10.6 Å². The van der Waals surface area contributed by atoms with E-state index in [1.54, 1.807) is 0 Å². The smallest absolute Gasteiger partial charge is 0.265 e. The van der Waals surface area contributed by atoms with Crippen LogP contribution in [-0.2, 0) is 9.59 Å². The van der Waals surface area contributed by atoms with Crippen LogP contribution in [0.1, 0.15) is 17.3 Å². The molecule has 2 rings (SSSR count). The van der Waals surface area contributed by atoms with Crippen LogP contribution in [0.3, 0.4) is 0 Å². The molecule has 0 fully saturated rings. The minimum Gasteiger partial charge on any atom is -0.481 e. The molecule has 2 aromatic carbocycles. The minimum absolute atomic E-state index is 0.0121. The van der Waals surface area contributed by atoms with Gasteiger partial charge in [-0.2, -0.15) is 0 Å². The molecule has 27 heavy (non-hydrogen) atoms. The van der Waals surface area contributed by atoms with Crippen molar-refractivity contribution in [3.8, 4) is 5.75 Å². The maximum Gasteiger partial charge on any atom is 0.265 e. The van der Waals surface area contributed by atoms with Gasteiger partial charge in [-0.05, 0) is 43.3 Å². The molecule has 142 valence electrons. The molecule has 2 aromatic rings. The Balaban J connectivity index is 1.93. The molecular weight excluding hydrogens is 360 g/mol. The third kappa shape index (κ3) is 5.77. The van der Waals surface area contributed by atoms with E-state index in [0.717, 1.165) is 12.1 Å². The Hall–Kier alpha value is -3.49. The topological polar surface area (TPSA) is 111 Å². The molecule has 9 heteroatoms. The summed E-state index contributed by atoms with van der Waals surface area (Å²) in [5.74, 6) is -3.75. The van der Waals surface area contributed by atoms with Gasteiger partial charge >= 0.3 is 0 Å². The van der Waals surface area contributed by atoms with Crippen molar-refractivity contribution in [1.82, 2.24) is 5.32 Å². The highest BCUT2D eigenvalue weighted by molar-refractivity contribution is 5.98. The molecule has 0 bridgehead atoms. The molecule has 0 radical (unpaired) electrons. The van der Waals surface area contributed by atoms with E-state index in [1.165, 1.54) is 37.3 Å². The number of anilines is 1. The third-order valence-electron chi connectivity index (χ3n) is 3.41. The molecule has 1 atom stereocenters. The lowest BCUT2D eigenvalue weighted by Gasteiger charge is -2.15. The average molecular weight is 377 g/mol. The van der Waals surface area contributed by atoms with Crippen molar-refractivity contribution in [2.24, 2.45) is 5.73 Å². The Bertz CT molecular complexity index is 856. The number of nitrogens with one attached hydrogen (secondary N) is 2. The Morgan fingerprint density at radius 1 is 1.07 bits per heavy atom. The lowest BCUT2D eigenvalue weighted by atomic mass is 10.2. The van der Waals surface area contributed by atoms with Crippen molar-refractivity contribution in [3.05, 3.63) is 59.7 Å². The van der Waals surface area contributed by atoms with Crippen molar-refractivity contribution in [1.29, 1.82) is 0 Å². The Morgan fingerprint density at radius 2 is 1.74 bits per heavy atom. The number of primary amides is 1. The van der Waals surface area contributed by atoms with Crippen molar-refractivity contribution in [2.75, 3.05) is 11.9 Å². The number of benzene rings is 2. The van der Waals surface area contributed by atoms with Crippen LogP contribution >= 0.6 is 0 Å². The van der Waals surface area contributed by atoms with Crippen LogP contribution in [0.2, 0.25) is 0 Å². The van der Waals surface area contributed by atoms with E-state index in [0.29, 0.717) is 5.69 Å². The first-order valence-electron chi connectivity index (χ1n) is 7.85. The SMILES string of the molecule is CC(Oc1ccc(F)c(F)c1)C(=O)Nc1ccc(C(=O)NCC(N)=O)cc1. The predicted octanol–water partition coefficient (Wildman–Crippen LogP) is 1.59. The number of nitrogens with two attached hydrogens (primary N) is 1. The number of carbonyl (C=O) groups is 3. The molecule has 0 aliphatic rings. The highest BCUT2D eigenvalue weighted by atomic mass is 19.2. The first-order valence-corrected chi connectivity index (χ1v) is 7.85. The monoisotopic (exact) mass is 377 g/mol. The van der Waals surface area contributed by atoms with Crippen molar-refractivity contribution in [2.45, 2.75) is 13.0 Å². The number of ether oxygens (including phenoxy) is 1. The second kappa shape index (κ2) is 8.75. The lowest BCUT2D eigenvalue weighted by molar-refractivity contribution is -0.122. The summed E-state index contributed by atoms with van der Waals surface area (Å²) in [6, 6.07) is 8.83. The highest BCUT2D eigenvalue weighted by Crippen LogP contribution is 2.17. The summed E-state index contributed by atoms with van der Waals surface area (Å²) >= 11 is 0. The van der Waals surface area contributed by atoms with Gasteiger partial charge in [0.15, 0.2) is 17.7 Å². The van der Waals surface area contributed by atoms with Crippen LogP contribution in [0, 0.1) is 11.6 Å². The molecule has 0 saturated heterocycles. The molecule has 3 amide bonds. The van der Waals surface area contributed by atoms with E-state index in [4.69, 9.17) is 10.5 Å². The molecular formula is C18H17F2N3O4. The summed E-state index contributed by atoms with van der Waals surface area (Å²) in [5, 5.41) is 4.90. The maximum atomic E-state index is 13.2. The van der Waals surface area contributed by atoms with Crippen LogP contribution in [0.25, 0.3) is 0 Å². The largest absolute Gasteiger partial charge is 0.481 e. The highest BCUT2D eigenvalue weighted by Gasteiger charge is 2.16. The van der Waals surface area contributed by atoms with E-state index >= 15 is 0 Å². The molecule has 0 aromatic heterocycles. The molecule has 0 heterocycles. The Labute approximate surface area is 153 Å². The van der Waals surface area contributed by atoms with Crippen molar-refractivity contribution < 1.29 is 27.9 Å². The Morgan fingerprint density at radius 3 is 2.33 bits per heavy atom. The van der Waals surface area contributed by atoms with Gasteiger partial charge in [-0.25, -0.2) is 8.78 Å². The van der Waals surface area contributed by atoms with E-state index in [1.807, 2.05) is 0 Å². The molecule has 0 aliphatic heterocycles. The van der Waals surface area contributed by atoms with E-state index < -0.39 is 35.5 Å². The van der Waals surface area contributed by atoms with Crippen LogP contribution < -0.4 is 21.1 Å². The zero-order valence-electron chi connectivity index (χ0n) is 14.3. The number of hydrogen-bond acceptors (Lipinski definition) is 4. The normalized spacial score (nSPS) is 11.4. The number of halogens is 2. The average Bonchev–Trinajstić information content (AvgIpc) is 2.63. The molecule has 0 spiro atoms. The fraction of sp³-hybridized carbons (Fsp3) is 0.167. The van der Waals surface area contributed by atoms with Gasteiger partial charge in [0.1, 0.15) is 5.75 Å². The summed E-state index contributed by atoms with van der Waals surface area (Å²) in [5.41, 5.74) is 5.62. The lowest BCUT2D eigenvalue weighted by Crippen LogP contribution is -2.33. The quantitative estimate of drug-likeness (QED) is 0.680. The van der Waals surface area contributed by atoms with Crippen LogP contribution in [0.4, 0.5) is 14.5 Å². The molecule has 0 saturated carbocycles. The van der Waals surface area contributed by atoms with Crippen molar-refractivity contribution in [3.63, 3.8) is 0 Å². The molecule has 0 aliphatic carbocycles. The van der Waals surface area contributed by atoms with Gasteiger partial charge in [-0.1, -0.05) is 0 Å². The van der Waals surface area contributed by atoms with Crippen LogP contribution in [0.5, 0.6) is 5.75 Å². The van der Waals surface area contributed by atoms with Gasteiger partial charge in [0.05, 0.1) is 6.54 Å². The van der Waals surface area contributed by atoms with Gasteiger partial charge in [-0.3, -0.25) is 14.4 Å². The Kier molecular flexibility index (Phi) is 6.42. The first-order chi connectivity index (χ1) is 12.8. The maximum absolute atomic E-state index is 13.2. The number of rotatable bonds is 7. The van der Waals surface area contributed by atoms with Gasteiger partial charge in [0.25, 0.3) is 11.8 Å². The summed E-state index contributed by atoms with van der Waals surface area (Å²) in [6.45, 7) is 1.17. The second-order valence-electron chi connectivity index (χ2n) is 5.55. The van der Waals surface area contributed by atoms with Crippen LogP contribution in [-0.4, -0.2) is 30.4 Å². The number of amides is 3. The van der Waals surface area contributed by atoms with Gasteiger partial charge < -0.3 is 21.1 Å². The van der Waals surface area contributed by atoms with E-state index in [-0.39, 0.29) is 17.9 Å². The third-order valence-corrected chi connectivity index (χ3v) is 3.41. The van der Waals surface area contributed by atoms with Crippen molar-refractivity contribution >= 4 is 23.4 Å². The number of carbonyl (C=O) groups excluding carboxylic acids is 3. The minimum atomic E-state index is -1.08. The first kappa shape index (κ1) is 19.8. The summed E-state index contributed by atoms with van der Waals surface area (Å²) in [4.78, 5) is 34.5.